The van der Waals surface area contributed by atoms with Crippen molar-refractivity contribution in [1.29, 1.82) is 0 Å². The molecule has 1 aromatic heterocycles. The molecule has 0 fully saturated rings. The van der Waals surface area contributed by atoms with Crippen LogP contribution in [0.5, 0.6) is 0 Å². The fraction of sp³-hybridized carbons (Fsp3) is 0.643. The predicted molar refractivity (Wildman–Crippen MR) is 74.3 cm³/mol. The van der Waals surface area contributed by atoms with Crippen molar-refractivity contribution in [2.24, 2.45) is 5.73 Å². The summed E-state index contributed by atoms with van der Waals surface area (Å²) >= 11 is 0. The zero-order valence-electron chi connectivity index (χ0n) is 12.0. The van der Waals surface area contributed by atoms with E-state index in [4.69, 9.17) is 10.5 Å². The topological polar surface area (TPSA) is 51.4 Å². The maximum absolute atomic E-state index is 12.8. The van der Waals surface area contributed by atoms with Gasteiger partial charge in [-0.25, -0.2) is 4.39 Å². The van der Waals surface area contributed by atoms with Crippen molar-refractivity contribution in [1.82, 2.24) is 9.88 Å². The number of methoxy groups -OCH3 is 1. The highest BCUT2D eigenvalue weighted by Crippen LogP contribution is 2.13. The van der Waals surface area contributed by atoms with Gasteiger partial charge >= 0.3 is 0 Å². The number of aromatic nitrogens is 1. The second kappa shape index (κ2) is 8.19. The van der Waals surface area contributed by atoms with Crippen LogP contribution in [0.1, 0.15) is 32.0 Å². The van der Waals surface area contributed by atoms with E-state index in [0.717, 1.165) is 25.2 Å². The lowest BCUT2D eigenvalue weighted by Crippen LogP contribution is -2.37. The average molecular weight is 269 g/mol. The summed E-state index contributed by atoms with van der Waals surface area (Å²) in [6.45, 7) is 6.79. The van der Waals surface area contributed by atoms with Gasteiger partial charge in [-0.2, -0.15) is 0 Å². The van der Waals surface area contributed by atoms with E-state index in [0.29, 0.717) is 12.6 Å². The van der Waals surface area contributed by atoms with Gasteiger partial charge in [-0.05, 0) is 32.0 Å². The highest BCUT2D eigenvalue weighted by Gasteiger charge is 2.14. The summed E-state index contributed by atoms with van der Waals surface area (Å²) in [5, 5.41) is 0. The van der Waals surface area contributed by atoms with Gasteiger partial charge in [-0.3, -0.25) is 9.88 Å². The Bertz CT molecular complexity index is 358. The molecule has 5 heteroatoms. The summed E-state index contributed by atoms with van der Waals surface area (Å²) in [5.41, 5.74) is 6.81. The Morgan fingerprint density at radius 2 is 2.21 bits per heavy atom. The Morgan fingerprint density at radius 3 is 2.74 bits per heavy atom. The Morgan fingerprint density at radius 1 is 1.47 bits per heavy atom. The zero-order chi connectivity index (χ0) is 14.3. The van der Waals surface area contributed by atoms with Gasteiger partial charge in [0.1, 0.15) is 5.82 Å². The molecule has 2 unspecified atom stereocenters. The number of halogens is 1. The molecule has 4 nitrogen and oxygen atoms in total. The Hall–Kier alpha value is -1.04. The standard InChI is InChI=1S/C14H24FN3O/c1-4-18(11(2)10-19-3)8-7-13(16)14-6-5-12(15)9-17-14/h5-6,9,11,13H,4,7-8,10,16H2,1-3H3. The zero-order valence-corrected chi connectivity index (χ0v) is 12.0. The lowest BCUT2D eigenvalue weighted by molar-refractivity contribution is 0.100. The number of hydrogen-bond donors (Lipinski definition) is 1. The van der Waals surface area contributed by atoms with Crippen LogP contribution in [0.25, 0.3) is 0 Å². The van der Waals surface area contributed by atoms with Crippen LogP contribution in [-0.2, 0) is 4.74 Å². The molecular weight excluding hydrogens is 245 g/mol. The van der Waals surface area contributed by atoms with Crippen molar-refractivity contribution in [3.63, 3.8) is 0 Å². The molecule has 19 heavy (non-hydrogen) atoms. The van der Waals surface area contributed by atoms with Gasteiger partial charge in [0.25, 0.3) is 0 Å². The third-order valence-corrected chi connectivity index (χ3v) is 3.29. The van der Waals surface area contributed by atoms with E-state index in [2.05, 4.69) is 23.7 Å². The molecule has 1 heterocycles. The van der Waals surface area contributed by atoms with Crippen molar-refractivity contribution in [2.45, 2.75) is 32.4 Å². The molecule has 2 atom stereocenters. The van der Waals surface area contributed by atoms with Crippen molar-refractivity contribution >= 4 is 0 Å². The lowest BCUT2D eigenvalue weighted by atomic mass is 10.1. The second-order valence-corrected chi connectivity index (χ2v) is 4.73. The minimum atomic E-state index is -0.333. The molecule has 1 rings (SSSR count). The van der Waals surface area contributed by atoms with Crippen LogP contribution in [0.15, 0.2) is 18.3 Å². The largest absolute Gasteiger partial charge is 0.383 e. The summed E-state index contributed by atoms with van der Waals surface area (Å²) < 4.78 is 17.9. The van der Waals surface area contributed by atoms with Crippen LogP contribution in [0.3, 0.4) is 0 Å². The maximum Gasteiger partial charge on any atom is 0.141 e. The van der Waals surface area contributed by atoms with Gasteiger partial charge in [-0.15, -0.1) is 0 Å². The molecule has 0 aliphatic heterocycles. The first-order valence-corrected chi connectivity index (χ1v) is 6.68. The summed E-state index contributed by atoms with van der Waals surface area (Å²) in [4.78, 5) is 6.33. The Balaban J connectivity index is 2.47. The van der Waals surface area contributed by atoms with Gasteiger partial charge in [0.15, 0.2) is 0 Å². The van der Waals surface area contributed by atoms with E-state index in [-0.39, 0.29) is 11.9 Å². The van der Waals surface area contributed by atoms with E-state index in [1.54, 1.807) is 13.2 Å². The minimum Gasteiger partial charge on any atom is -0.383 e. The number of hydrogen-bond acceptors (Lipinski definition) is 4. The third kappa shape index (κ3) is 5.22. The molecule has 0 aromatic carbocycles. The molecule has 108 valence electrons. The summed E-state index contributed by atoms with van der Waals surface area (Å²) in [5.74, 6) is -0.333. The molecule has 0 bridgehead atoms. The van der Waals surface area contributed by atoms with Gasteiger partial charge in [-0.1, -0.05) is 6.92 Å². The van der Waals surface area contributed by atoms with E-state index in [9.17, 15) is 4.39 Å². The van der Waals surface area contributed by atoms with Gasteiger partial charge in [0.05, 0.1) is 18.5 Å². The number of pyridine rings is 1. The molecular formula is C14H24FN3O. The average Bonchev–Trinajstić information content (AvgIpc) is 2.40. The molecule has 0 aliphatic rings. The van der Waals surface area contributed by atoms with Gasteiger partial charge in [0, 0.05) is 25.7 Å². The quantitative estimate of drug-likeness (QED) is 0.784. The van der Waals surface area contributed by atoms with Crippen molar-refractivity contribution < 1.29 is 9.13 Å². The third-order valence-electron chi connectivity index (χ3n) is 3.29. The number of likely N-dealkylation sites (N-methyl/N-ethyl adjacent to an activating group) is 1. The molecule has 2 N–H and O–H groups in total. The van der Waals surface area contributed by atoms with Crippen molar-refractivity contribution in [3.05, 3.63) is 29.8 Å². The number of rotatable bonds is 8. The molecule has 0 aliphatic carbocycles. The van der Waals surface area contributed by atoms with Crippen LogP contribution in [0.4, 0.5) is 4.39 Å². The van der Waals surface area contributed by atoms with E-state index < -0.39 is 0 Å². The second-order valence-electron chi connectivity index (χ2n) is 4.73. The van der Waals surface area contributed by atoms with E-state index in [1.165, 1.54) is 12.3 Å². The smallest absolute Gasteiger partial charge is 0.141 e. The van der Waals surface area contributed by atoms with Crippen molar-refractivity contribution in [3.8, 4) is 0 Å². The summed E-state index contributed by atoms with van der Waals surface area (Å²) in [6.07, 6.45) is 2.00. The fourth-order valence-corrected chi connectivity index (χ4v) is 2.10. The molecule has 0 spiro atoms. The normalized spacial score (nSPS) is 14.6. The van der Waals surface area contributed by atoms with Crippen LogP contribution >= 0.6 is 0 Å². The highest BCUT2D eigenvalue weighted by molar-refractivity contribution is 5.09. The predicted octanol–water partition coefficient (Wildman–Crippen LogP) is 1.97. The fourth-order valence-electron chi connectivity index (χ4n) is 2.10. The molecule has 0 saturated heterocycles. The number of ether oxygens (including phenoxy) is 1. The highest BCUT2D eigenvalue weighted by atomic mass is 19.1. The van der Waals surface area contributed by atoms with Crippen LogP contribution in [-0.4, -0.2) is 42.7 Å². The van der Waals surface area contributed by atoms with Gasteiger partial charge < -0.3 is 10.5 Å². The summed E-state index contributed by atoms with van der Waals surface area (Å²) in [7, 11) is 1.71. The first-order valence-electron chi connectivity index (χ1n) is 6.68. The van der Waals surface area contributed by atoms with E-state index >= 15 is 0 Å². The number of nitrogens with two attached hydrogens (primary N) is 1. The minimum absolute atomic E-state index is 0.163. The van der Waals surface area contributed by atoms with Crippen LogP contribution < -0.4 is 5.73 Å². The lowest BCUT2D eigenvalue weighted by Gasteiger charge is -2.28. The first-order chi connectivity index (χ1) is 9.08. The Kier molecular flexibility index (Phi) is 6.91. The molecule has 0 radical (unpaired) electrons. The molecule has 1 aromatic rings. The van der Waals surface area contributed by atoms with Crippen LogP contribution in [0.2, 0.25) is 0 Å². The monoisotopic (exact) mass is 269 g/mol. The SMILES string of the molecule is CCN(CCC(N)c1ccc(F)cn1)C(C)COC. The first kappa shape index (κ1) is 16.0. The molecule has 0 saturated carbocycles. The van der Waals surface area contributed by atoms with E-state index in [1.807, 2.05) is 0 Å². The maximum atomic E-state index is 12.8. The van der Waals surface area contributed by atoms with Gasteiger partial charge in [0.2, 0.25) is 0 Å². The summed E-state index contributed by atoms with van der Waals surface area (Å²) in [6, 6.07) is 3.25. The molecule has 0 amide bonds. The number of nitrogens with zero attached hydrogens (tertiary/aromatic N) is 2. The van der Waals surface area contributed by atoms with Crippen LogP contribution in [0, 0.1) is 5.82 Å². The van der Waals surface area contributed by atoms with Crippen molar-refractivity contribution in [2.75, 3.05) is 26.8 Å². The Labute approximate surface area is 114 Å².